The Labute approximate surface area is 187 Å². The number of nitrogens with one attached hydrogen (secondary N) is 1. The average molecular weight is 437 g/mol. The van der Waals surface area contributed by atoms with Crippen molar-refractivity contribution >= 4 is 23.7 Å². The summed E-state index contributed by atoms with van der Waals surface area (Å²) >= 11 is 6.18. The van der Waals surface area contributed by atoms with E-state index in [2.05, 4.69) is 10.5 Å². The molecule has 0 spiro atoms. The lowest BCUT2D eigenvalue weighted by Gasteiger charge is -2.12. The Kier molecular flexibility index (Phi) is 7.68. The summed E-state index contributed by atoms with van der Waals surface area (Å²) in [6.45, 7) is 4.33. The molecular formula is C25H25ClN2O3. The van der Waals surface area contributed by atoms with E-state index in [1.165, 1.54) is 0 Å². The fourth-order valence-corrected chi connectivity index (χ4v) is 3.23. The highest BCUT2D eigenvalue weighted by atomic mass is 35.5. The van der Waals surface area contributed by atoms with Crippen molar-refractivity contribution in [3.05, 3.63) is 93.5 Å². The van der Waals surface area contributed by atoms with E-state index in [0.29, 0.717) is 23.1 Å². The van der Waals surface area contributed by atoms with Gasteiger partial charge in [0.1, 0.15) is 6.61 Å². The molecule has 3 aromatic carbocycles. The SMILES string of the molecule is COc1cc(/C=N/NC(=O)Cc2cc(C)ccc2C)ccc1OCc1ccccc1Cl. The molecule has 0 aliphatic carbocycles. The summed E-state index contributed by atoms with van der Waals surface area (Å²) in [5.41, 5.74) is 7.44. The van der Waals surface area contributed by atoms with E-state index in [-0.39, 0.29) is 12.3 Å². The number of halogens is 1. The summed E-state index contributed by atoms with van der Waals surface area (Å²) < 4.78 is 11.3. The highest BCUT2D eigenvalue weighted by molar-refractivity contribution is 6.31. The van der Waals surface area contributed by atoms with Gasteiger partial charge >= 0.3 is 0 Å². The van der Waals surface area contributed by atoms with Crippen molar-refractivity contribution in [3.8, 4) is 11.5 Å². The highest BCUT2D eigenvalue weighted by Crippen LogP contribution is 2.29. The third-order valence-corrected chi connectivity index (χ3v) is 5.16. The van der Waals surface area contributed by atoms with Gasteiger partial charge in [-0.05, 0) is 54.8 Å². The number of benzene rings is 3. The van der Waals surface area contributed by atoms with Gasteiger partial charge in [0.15, 0.2) is 11.5 Å². The number of methoxy groups -OCH3 is 1. The van der Waals surface area contributed by atoms with Crippen LogP contribution in [0.3, 0.4) is 0 Å². The second-order valence-corrected chi connectivity index (χ2v) is 7.60. The number of hydrogen-bond donors (Lipinski definition) is 1. The number of carbonyl (C=O) groups is 1. The van der Waals surface area contributed by atoms with E-state index in [0.717, 1.165) is 27.8 Å². The fraction of sp³-hybridized carbons (Fsp3) is 0.200. The Morgan fingerprint density at radius 1 is 1.03 bits per heavy atom. The molecule has 6 heteroatoms. The van der Waals surface area contributed by atoms with E-state index in [1.54, 1.807) is 25.5 Å². The molecule has 0 atom stereocenters. The van der Waals surface area contributed by atoms with Gasteiger partial charge < -0.3 is 9.47 Å². The van der Waals surface area contributed by atoms with Crippen LogP contribution in [-0.4, -0.2) is 19.2 Å². The molecule has 3 aromatic rings. The van der Waals surface area contributed by atoms with Gasteiger partial charge in [-0.2, -0.15) is 5.10 Å². The zero-order chi connectivity index (χ0) is 22.2. The van der Waals surface area contributed by atoms with E-state index in [9.17, 15) is 4.79 Å². The van der Waals surface area contributed by atoms with Crippen LogP contribution >= 0.6 is 11.6 Å². The maximum absolute atomic E-state index is 12.2. The lowest BCUT2D eigenvalue weighted by atomic mass is 10.0. The number of hydrogen-bond acceptors (Lipinski definition) is 4. The molecule has 3 rings (SSSR count). The van der Waals surface area contributed by atoms with Crippen LogP contribution in [0.4, 0.5) is 0 Å². The lowest BCUT2D eigenvalue weighted by Crippen LogP contribution is -2.20. The first-order valence-corrected chi connectivity index (χ1v) is 10.3. The Balaban J connectivity index is 1.60. The van der Waals surface area contributed by atoms with Gasteiger partial charge in [0.25, 0.3) is 0 Å². The van der Waals surface area contributed by atoms with Gasteiger partial charge in [0.2, 0.25) is 5.91 Å². The zero-order valence-electron chi connectivity index (χ0n) is 17.8. The molecule has 0 aliphatic rings. The molecule has 1 amide bonds. The van der Waals surface area contributed by atoms with Crippen molar-refractivity contribution in [1.29, 1.82) is 0 Å². The predicted octanol–water partition coefficient (Wildman–Crippen LogP) is 5.24. The molecule has 1 N–H and O–H groups in total. The molecule has 0 aliphatic heterocycles. The van der Waals surface area contributed by atoms with Gasteiger partial charge in [-0.25, -0.2) is 5.43 Å². The minimum Gasteiger partial charge on any atom is -0.493 e. The summed E-state index contributed by atoms with van der Waals surface area (Å²) in [6, 6.07) is 19.0. The Hall–Kier alpha value is -3.31. The number of aryl methyl sites for hydroxylation is 2. The minimum atomic E-state index is -0.170. The molecule has 0 saturated carbocycles. The van der Waals surface area contributed by atoms with E-state index in [4.69, 9.17) is 21.1 Å². The third kappa shape index (κ3) is 6.33. The number of rotatable bonds is 8. The van der Waals surface area contributed by atoms with Crippen LogP contribution in [0.25, 0.3) is 0 Å². The monoisotopic (exact) mass is 436 g/mol. The fourth-order valence-electron chi connectivity index (χ4n) is 3.04. The summed E-state index contributed by atoms with van der Waals surface area (Å²) in [5, 5.41) is 4.72. The van der Waals surface area contributed by atoms with E-state index < -0.39 is 0 Å². The quantitative estimate of drug-likeness (QED) is 0.388. The first kappa shape index (κ1) is 22.4. The van der Waals surface area contributed by atoms with Gasteiger partial charge in [-0.15, -0.1) is 0 Å². The zero-order valence-corrected chi connectivity index (χ0v) is 18.6. The van der Waals surface area contributed by atoms with Crippen molar-refractivity contribution in [2.24, 2.45) is 5.10 Å². The number of ether oxygens (including phenoxy) is 2. The van der Waals surface area contributed by atoms with Crippen molar-refractivity contribution in [2.45, 2.75) is 26.9 Å². The molecule has 0 heterocycles. The Morgan fingerprint density at radius 2 is 1.84 bits per heavy atom. The van der Waals surface area contributed by atoms with Crippen LogP contribution in [0.2, 0.25) is 5.02 Å². The Bertz CT molecular complexity index is 1100. The maximum Gasteiger partial charge on any atom is 0.244 e. The van der Waals surface area contributed by atoms with Crippen LogP contribution in [0.5, 0.6) is 11.5 Å². The number of carbonyl (C=O) groups excluding carboxylic acids is 1. The molecule has 5 nitrogen and oxygen atoms in total. The smallest absolute Gasteiger partial charge is 0.244 e. The normalized spacial score (nSPS) is 10.8. The number of hydrazone groups is 1. The van der Waals surface area contributed by atoms with Crippen molar-refractivity contribution in [2.75, 3.05) is 7.11 Å². The second-order valence-electron chi connectivity index (χ2n) is 7.19. The van der Waals surface area contributed by atoms with Crippen molar-refractivity contribution < 1.29 is 14.3 Å². The molecule has 0 saturated heterocycles. The van der Waals surface area contributed by atoms with Crippen LogP contribution in [0.1, 0.15) is 27.8 Å². The van der Waals surface area contributed by atoms with E-state index >= 15 is 0 Å². The predicted molar refractivity (Wildman–Crippen MR) is 124 cm³/mol. The van der Waals surface area contributed by atoms with Crippen LogP contribution in [0.15, 0.2) is 65.8 Å². The molecule has 0 bridgehead atoms. The molecular weight excluding hydrogens is 412 g/mol. The largest absolute Gasteiger partial charge is 0.493 e. The first-order chi connectivity index (χ1) is 15.0. The van der Waals surface area contributed by atoms with E-state index in [1.807, 2.05) is 62.4 Å². The minimum absolute atomic E-state index is 0.170. The van der Waals surface area contributed by atoms with Crippen LogP contribution in [0, 0.1) is 13.8 Å². The van der Waals surface area contributed by atoms with Crippen molar-refractivity contribution in [3.63, 3.8) is 0 Å². The summed E-state index contributed by atoms with van der Waals surface area (Å²) in [7, 11) is 1.57. The first-order valence-electron chi connectivity index (χ1n) is 9.88. The number of amides is 1. The van der Waals surface area contributed by atoms with Crippen LogP contribution in [-0.2, 0) is 17.8 Å². The molecule has 31 heavy (non-hydrogen) atoms. The summed E-state index contributed by atoms with van der Waals surface area (Å²) in [4.78, 5) is 12.2. The van der Waals surface area contributed by atoms with Gasteiger partial charge in [-0.3, -0.25) is 4.79 Å². The Morgan fingerprint density at radius 3 is 2.61 bits per heavy atom. The molecule has 0 aromatic heterocycles. The van der Waals surface area contributed by atoms with Gasteiger partial charge in [0, 0.05) is 10.6 Å². The summed E-state index contributed by atoms with van der Waals surface area (Å²) in [6.07, 6.45) is 1.85. The number of nitrogens with zero attached hydrogens (tertiary/aromatic N) is 1. The topological polar surface area (TPSA) is 59.9 Å². The molecule has 0 unspecified atom stereocenters. The highest BCUT2D eigenvalue weighted by Gasteiger charge is 2.08. The summed E-state index contributed by atoms with van der Waals surface area (Å²) in [5.74, 6) is 0.993. The van der Waals surface area contributed by atoms with Crippen molar-refractivity contribution in [1.82, 2.24) is 5.43 Å². The van der Waals surface area contributed by atoms with Gasteiger partial charge in [0.05, 0.1) is 19.7 Å². The third-order valence-electron chi connectivity index (χ3n) is 4.79. The molecule has 160 valence electrons. The molecule has 0 fully saturated rings. The maximum atomic E-state index is 12.2. The second kappa shape index (κ2) is 10.6. The molecule has 0 radical (unpaired) electrons. The standard InChI is InChI=1S/C25H25ClN2O3/c1-17-8-9-18(2)21(12-17)14-25(29)28-27-15-19-10-11-23(24(13-19)30-3)31-16-20-6-4-5-7-22(20)26/h4-13,15H,14,16H2,1-3H3,(H,28,29)/b27-15+. The van der Waals surface area contributed by atoms with Crippen LogP contribution < -0.4 is 14.9 Å². The van der Waals surface area contributed by atoms with Gasteiger partial charge in [-0.1, -0.05) is 53.6 Å². The average Bonchev–Trinajstić information content (AvgIpc) is 2.76. The lowest BCUT2D eigenvalue weighted by molar-refractivity contribution is -0.120.